The predicted octanol–water partition coefficient (Wildman–Crippen LogP) is 4.64. The van der Waals surface area contributed by atoms with Crippen LogP contribution in [-0.4, -0.2) is 22.6 Å². The average Bonchev–Trinajstić information content (AvgIpc) is 3.30. The minimum absolute atomic E-state index is 0.0873. The minimum Gasteiger partial charge on any atom is -0.474 e. The Morgan fingerprint density at radius 1 is 1.14 bits per heavy atom. The van der Waals surface area contributed by atoms with Crippen molar-refractivity contribution in [2.45, 2.75) is 37.6 Å². The minimum atomic E-state index is -4.71. The summed E-state index contributed by atoms with van der Waals surface area (Å²) < 4.78 is 52.2. The molecule has 0 radical (unpaired) electrons. The standard InChI is InChI=1S/C20H17F3N2O4/c21-20(22,23)28-16-3-1-2-12(9-16)13-4-6-15(8-13)27-19-7-5-14(11-24-19)17-10-18(26)25-29-17/h1-3,5,7,9-11,13,15H,4,6,8H2,(H,25,26). The molecular formula is C20H17F3N2O4. The van der Waals surface area contributed by atoms with Crippen molar-refractivity contribution < 1.29 is 27.2 Å². The van der Waals surface area contributed by atoms with Crippen LogP contribution in [0.4, 0.5) is 13.2 Å². The number of nitrogens with one attached hydrogen (secondary N) is 1. The van der Waals surface area contributed by atoms with Crippen molar-refractivity contribution in [2.24, 2.45) is 0 Å². The fraction of sp³-hybridized carbons (Fsp3) is 0.300. The number of alkyl halides is 3. The number of benzene rings is 1. The molecule has 0 aliphatic heterocycles. The van der Waals surface area contributed by atoms with Crippen molar-refractivity contribution >= 4 is 0 Å². The van der Waals surface area contributed by atoms with Crippen LogP contribution in [0.25, 0.3) is 11.3 Å². The van der Waals surface area contributed by atoms with E-state index in [1.54, 1.807) is 30.5 Å². The Bertz CT molecular complexity index is 1030. The maximum Gasteiger partial charge on any atom is 0.573 e. The number of hydrogen-bond donors (Lipinski definition) is 1. The molecule has 0 spiro atoms. The molecular weight excluding hydrogens is 389 g/mol. The average molecular weight is 406 g/mol. The van der Waals surface area contributed by atoms with Crippen LogP contribution in [0.2, 0.25) is 0 Å². The highest BCUT2D eigenvalue weighted by Crippen LogP contribution is 2.38. The van der Waals surface area contributed by atoms with Gasteiger partial charge in [-0.2, -0.15) is 5.16 Å². The van der Waals surface area contributed by atoms with Gasteiger partial charge in [-0.1, -0.05) is 12.1 Å². The first-order valence-electron chi connectivity index (χ1n) is 9.03. The van der Waals surface area contributed by atoms with Crippen molar-refractivity contribution in [3.63, 3.8) is 0 Å². The van der Waals surface area contributed by atoms with Crippen molar-refractivity contribution in [2.75, 3.05) is 0 Å². The molecule has 0 bridgehead atoms. The van der Waals surface area contributed by atoms with E-state index in [1.165, 1.54) is 18.2 Å². The van der Waals surface area contributed by atoms with Gasteiger partial charge in [-0.05, 0) is 48.9 Å². The molecule has 2 unspecified atom stereocenters. The van der Waals surface area contributed by atoms with E-state index in [0.29, 0.717) is 23.6 Å². The summed E-state index contributed by atoms with van der Waals surface area (Å²) in [6.07, 6.45) is -1.01. The zero-order valence-electron chi connectivity index (χ0n) is 15.1. The number of ether oxygens (including phenoxy) is 2. The van der Waals surface area contributed by atoms with Gasteiger partial charge in [0.2, 0.25) is 5.88 Å². The highest BCUT2D eigenvalue weighted by Gasteiger charge is 2.32. The molecule has 2 heterocycles. The van der Waals surface area contributed by atoms with Gasteiger partial charge >= 0.3 is 6.36 Å². The highest BCUT2D eigenvalue weighted by molar-refractivity contribution is 5.55. The number of H-pyrrole nitrogens is 1. The molecule has 1 aliphatic rings. The number of halogens is 3. The summed E-state index contributed by atoms with van der Waals surface area (Å²) in [6.45, 7) is 0. The molecule has 29 heavy (non-hydrogen) atoms. The van der Waals surface area contributed by atoms with Crippen LogP contribution in [0, 0.1) is 0 Å². The Labute approximate surface area is 163 Å². The SMILES string of the molecule is O=c1cc(-c2ccc(OC3CCC(c4cccc(OC(F)(F)F)c4)C3)nc2)o[nH]1. The zero-order chi connectivity index (χ0) is 20.4. The molecule has 1 N–H and O–H groups in total. The second kappa shape index (κ2) is 7.65. The zero-order valence-corrected chi connectivity index (χ0v) is 15.1. The quantitative estimate of drug-likeness (QED) is 0.668. The Morgan fingerprint density at radius 2 is 2.00 bits per heavy atom. The van der Waals surface area contributed by atoms with Gasteiger partial charge in [0.1, 0.15) is 11.9 Å². The van der Waals surface area contributed by atoms with Gasteiger partial charge in [-0.15, -0.1) is 13.2 Å². The summed E-state index contributed by atoms with van der Waals surface area (Å²) in [5.41, 5.74) is 1.10. The van der Waals surface area contributed by atoms with Crippen molar-refractivity contribution in [3.05, 3.63) is 64.6 Å². The van der Waals surface area contributed by atoms with Crippen molar-refractivity contribution in [3.8, 4) is 23.0 Å². The Kier molecular flexibility index (Phi) is 5.04. The van der Waals surface area contributed by atoms with E-state index in [9.17, 15) is 18.0 Å². The maximum atomic E-state index is 12.4. The Morgan fingerprint density at radius 3 is 2.69 bits per heavy atom. The summed E-state index contributed by atoms with van der Waals surface area (Å²) >= 11 is 0. The normalized spacial score (nSPS) is 19.3. The smallest absolute Gasteiger partial charge is 0.474 e. The second-order valence-corrected chi connectivity index (χ2v) is 6.83. The molecule has 9 heteroatoms. The molecule has 1 aliphatic carbocycles. The van der Waals surface area contributed by atoms with Gasteiger partial charge in [0.05, 0.1) is 6.07 Å². The van der Waals surface area contributed by atoms with E-state index in [4.69, 9.17) is 9.26 Å². The second-order valence-electron chi connectivity index (χ2n) is 6.83. The molecule has 152 valence electrons. The van der Waals surface area contributed by atoms with Crippen LogP contribution in [-0.2, 0) is 0 Å². The van der Waals surface area contributed by atoms with Gasteiger partial charge in [-0.25, -0.2) is 4.98 Å². The highest BCUT2D eigenvalue weighted by atomic mass is 19.4. The first kappa shape index (κ1) is 19.1. The third-order valence-corrected chi connectivity index (χ3v) is 4.78. The molecule has 0 amide bonds. The monoisotopic (exact) mass is 406 g/mol. The third kappa shape index (κ3) is 4.79. The van der Waals surface area contributed by atoms with Crippen LogP contribution >= 0.6 is 0 Å². The molecule has 2 aromatic heterocycles. The first-order chi connectivity index (χ1) is 13.9. The van der Waals surface area contributed by atoms with Gasteiger partial charge in [0.25, 0.3) is 5.56 Å². The summed E-state index contributed by atoms with van der Waals surface area (Å²) in [5.74, 6) is 0.695. The molecule has 3 aromatic rings. The number of aromatic nitrogens is 2. The molecule has 2 atom stereocenters. The Hall–Kier alpha value is -3.23. The number of rotatable bonds is 5. The number of aromatic amines is 1. The van der Waals surface area contributed by atoms with Crippen molar-refractivity contribution in [1.82, 2.24) is 10.1 Å². The number of hydrogen-bond acceptors (Lipinski definition) is 5. The number of pyridine rings is 1. The lowest BCUT2D eigenvalue weighted by atomic mass is 9.97. The molecule has 0 saturated heterocycles. The van der Waals surface area contributed by atoms with E-state index in [0.717, 1.165) is 18.4 Å². The van der Waals surface area contributed by atoms with Gasteiger partial charge in [0, 0.05) is 17.8 Å². The van der Waals surface area contributed by atoms with Crippen molar-refractivity contribution in [1.29, 1.82) is 0 Å². The van der Waals surface area contributed by atoms with Crippen LogP contribution in [0.15, 0.2) is 58.0 Å². The molecule has 6 nitrogen and oxygen atoms in total. The fourth-order valence-corrected chi connectivity index (χ4v) is 3.51. The lowest BCUT2D eigenvalue weighted by molar-refractivity contribution is -0.274. The first-order valence-corrected chi connectivity index (χ1v) is 9.03. The summed E-state index contributed by atoms with van der Waals surface area (Å²) in [5, 5.41) is 2.22. The summed E-state index contributed by atoms with van der Waals surface area (Å²) in [4.78, 5) is 15.4. The Balaban J connectivity index is 1.38. The number of nitrogens with zero attached hydrogens (tertiary/aromatic N) is 1. The van der Waals surface area contributed by atoms with Gasteiger partial charge < -0.3 is 14.0 Å². The van der Waals surface area contributed by atoms with E-state index in [2.05, 4.69) is 14.9 Å². The lowest BCUT2D eigenvalue weighted by Crippen LogP contribution is -2.17. The predicted molar refractivity (Wildman–Crippen MR) is 96.7 cm³/mol. The van der Waals surface area contributed by atoms with E-state index < -0.39 is 6.36 Å². The van der Waals surface area contributed by atoms with Crippen LogP contribution in [0.3, 0.4) is 0 Å². The van der Waals surface area contributed by atoms with Gasteiger partial charge in [0.15, 0.2) is 5.76 Å². The topological polar surface area (TPSA) is 77.3 Å². The van der Waals surface area contributed by atoms with Crippen LogP contribution in [0.1, 0.15) is 30.7 Å². The van der Waals surface area contributed by atoms with E-state index in [-0.39, 0.29) is 23.3 Å². The van der Waals surface area contributed by atoms with Gasteiger partial charge in [-0.3, -0.25) is 4.79 Å². The third-order valence-electron chi connectivity index (χ3n) is 4.78. The van der Waals surface area contributed by atoms with E-state index >= 15 is 0 Å². The molecule has 4 rings (SSSR count). The van der Waals surface area contributed by atoms with Crippen LogP contribution in [0.5, 0.6) is 11.6 Å². The summed E-state index contributed by atoms with van der Waals surface area (Å²) in [7, 11) is 0. The van der Waals surface area contributed by atoms with E-state index in [1.807, 2.05) is 0 Å². The fourth-order valence-electron chi connectivity index (χ4n) is 3.51. The lowest BCUT2D eigenvalue weighted by Gasteiger charge is -2.15. The molecule has 1 fully saturated rings. The van der Waals surface area contributed by atoms with Crippen LogP contribution < -0.4 is 15.0 Å². The molecule has 1 aromatic carbocycles. The maximum absolute atomic E-state index is 12.4. The molecule has 1 saturated carbocycles. The largest absolute Gasteiger partial charge is 0.573 e. The summed E-state index contributed by atoms with van der Waals surface area (Å²) in [6, 6.07) is 10.8.